The van der Waals surface area contributed by atoms with Crippen molar-refractivity contribution < 1.29 is 14.3 Å². The average molecular weight is 347 g/mol. The molecule has 1 amide bonds. The molecule has 0 spiro atoms. The van der Waals surface area contributed by atoms with Gasteiger partial charge in [0, 0.05) is 35.9 Å². The Morgan fingerprint density at radius 3 is 2.92 bits per heavy atom. The molecule has 1 aromatic rings. The van der Waals surface area contributed by atoms with Gasteiger partial charge >= 0.3 is 6.09 Å². The second-order valence-electron chi connectivity index (χ2n) is 6.44. The molecule has 0 bridgehead atoms. The standard InChI is InChI=1S/C18H19ClN2O3/c1-21-16(13-6-2-4-11(17(13)22)5-3-9-20)14-10-12(19)7-8-15(14)24-18(21)23/h7-8,10-11,13,16H,2-6H2,1H3. The topological polar surface area (TPSA) is 70.4 Å². The summed E-state index contributed by atoms with van der Waals surface area (Å²) in [6.07, 6.45) is 2.99. The summed E-state index contributed by atoms with van der Waals surface area (Å²) in [4.78, 5) is 26.6. The van der Waals surface area contributed by atoms with Crippen LogP contribution in [0.4, 0.5) is 4.79 Å². The smallest absolute Gasteiger partial charge is 0.410 e. The summed E-state index contributed by atoms with van der Waals surface area (Å²) in [5.74, 6) is 0.239. The molecule has 3 atom stereocenters. The predicted octanol–water partition coefficient (Wildman–Crippen LogP) is 4.11. The molecule has 3 unspecified atom stereocenters. The van der Waals surface area contributed by atoms with E-state index in [1.165, 1.54) is 4.90 Å². The van der Waals surface area contributed by atoms with Gasteiger partial charge in [-0.15, -0.1) is 0 Å². The van der Waals surface area contributed by atoms with Crippen molar-refractivity contribution in [3.05, 3.63) is 28.8 Å². The first-order valence-corrected chi connectivity index (χ1v) is 8.55. The maximum Gasteiger partial charge on any atom is 0.415 e. The molecular formula is C18H19ClN2O3. The number of rotatable bonds is 3. The van der Waals surface area contributed by atoms with Gasteiger partial charge in [0.15, 0.2) is 0 Å². The summed E-state index contributed by atoms with van der Waals surface area (Å²) in [7, 11) is 1.66. The summed E-state index contributed by atoms with van der Waals surface area (Å²) in [5.41, 5.74) is 0.781. The quantitative estimate of drug-likeness (QED) is 0.825. The fourth-order valence-corrected chi connectivity index (χ4v) is 4.01. The average Bonchev–Trinajstić information content (AvgIpc) is 2.56. The molecule has 0 radical (unpaired) electrons. The van der Waals surface area contributed by atoms with Gasteiger partial charge in [0.05, 0.1) is 12.1 Å². The Morgan fingerprint density at radius 1 is 1.38 bits per heavy atom. The van der Waals surface area contributed by atoms with Crippen molar-refractivity contribution in [3.8, 4) is 11.8 Å². The third-order valence-corrected chi connectivity index (χ3v) is 5.25. The lowest BCUT2D eigenvalue weighted by atomic mass is 9.73. The van der Waals surface area contributed by atoms with Crippen molar-refractivity contribution in [1.29, 1.82) is 5.26 Å². The Hall–Kier alpha value is -2.06. The number of nitriles is 1. The highest BCUT2D eigenvalue weighted by molar-refractivity contribution is 6.30. The number of Topliss-reactive ketones (excluding diaryl/α,β-unsaturated/α-hetero) is 1. The van der Waals surface area contributed by atoms with E-state index in [0.29, 0.717) is 23.6 Å². The van der Waals surface area contributed by atoms with Crippen LogP contribution in [-0.2, 0) is 4.79 Å². The largest absolute Gasteiger partial charge is 0.415 e. The molecular weight excluding hydrogens is 328 g/mol. The maximum absolute atomic E-state index is 13.0. The van der Waals surface area contributed by atoms with Crippen LogP contribution in [0.1, 0.15) is 43.7 Å². The number of carbonyl (C=O) groups excluding carboxylic acids is 2. The van der Waals surface area contributed by atoms with Gasteiger partial charge in [-0.05, 0) is 37.5 Å². The van der Waals surface area contributed by atoms with Crippen LogP contribution < -0.4 is 4.74 Å². The van der Waals surface area contributed by atoms with Crippen molar-refractivity contribution >= 4 is 23.5 Å². The number of hydrogen-bond acceptors (Lipinski definition) is 4. The Labute approximate surface area is 146 Å². The second-order valence-corrected chi connectivity index (χ2v) is 6.88. The van der Waals surface area contributed by atoms with Crippen molar-refractivity contribution in [2.24, 2.45) is 11.8 Å². The van der Waals surface area contributed by atoms with Gasteiger partial charge in [0.25, 0.3) is 0 Å². The summed E-state index contributed by atoms with van der Waals surface area (Å²) in [6, 6.07) is 6.88. The van der Waals surface area contributed by atoms with Crippen LogP contribution in [0.15, 0.2) is 18.2 Å². The molecule has 6 heteroatoms. The highest BCUT2D eigenvalue weighted by atomic mass is 35.5. The number of halogens is 1. The van der Waals surface area contributed by atoms with Crippen LogP contribution in [0, 0.1) is 23.2 Å². The highest BCUT2D eigenvalue weighted by Gasteiger charge is 2.43. The van der Waals surface area contributed by atoms with Crippen molar-refractivity contribution in [2.75, 3.05) is 7.05 Å². The minimum atomic E-state index is -0.457. The van der Waals surface area contributed by atoms with Gasteiger partial charge in [-0.25, -0.2) is 4.79 Å². The number of hydrogen-bond donors (Lipinski definition) is 0. The number of fused-ring (bicyclic) bond motifs is 1. The number of ketones is 1. The Balaban J connectivity index is 1.95. The highest BCUT2D eigenvalue weighted by Crippen LogP contribution is 2.45. The summed E-state index contributed by atoms with van der Waals surface area (Å²) in [6.45, 7) is 0. The van der Waals surface area contributed by atoms with E-state index in [2.05, 4.69) is 6.07 Å². The van der Waals surface area contributed by atoms with E-state index in [1.54, 1.807) is 25.2 Å². The van der Waals surface area contributed by atoms with Crippen LogP contribution in [0.3, 0.4) is 0 Å². The molecule has 0 N–H and O–H groups in total. The first kappa shape index (κ1) is 16.8. The molecule has 0 saturated heterocycles. The van der Waals surface area contributed by atoms with Gasteiger partial charge < -0.3 is 9.64 Å². The normalized spacial score (nSPS) is 26.5. The fourth-order valence-electron chi connectivity index (χ4n) is 3.83. The van der Waals surface area contributed by atoms with Crippen LogP contribution in [0.25, 0.3) is 0 Å². The lowest BCUT2D eigenvalue weighted by Gasteiger charge is -2.40. The van der Waals surface area contributed by atoms with Gasteiger partial charge in [0.2, 0.25) is 0 Å². The fraction of sp³-hybridized carbons (Fsp3) is 0.500. The summed E-state index contributed by atoms with van der Waals surface area (Å²) >= 11 is 6.12. The zero-order valence-corrected chi connectivity index (χ0v) is 14.3. The first-order valence-electron chi connectivity index (χ1n) is 8.17. The van der Waals surface area contributed by atoms with Crippen LogP contribution in [0.5, 0.6) is 5.75 Å². The molecule has 1 aromatic carbocycles. The molecule has 1 heterocycles. The lowest BCUT2D eigenvalue weighted by molar-refractivity contribution is -0.131. The van der Waals surface area contributed by atoms with E-state index < -0.39 is 6.09 Å². The third-order valence-electron chi connectivity index (χ3n) is 5.01. The van der Waals surface area contributed by atoms with E-state index in [0.717, 1.165) is 24.8 Å². The van der Waals surface area contributed by atoms with Crippen LogP contribution >= 0.6 is 11.6 Å². The van der Waals surface area contributed by atoms with Gasteiger partial charge in [-0.2, -0.15) is 5.26 Å². The molecule has 1 fully saturated rings. The molecule has 5 nitrogen and oxygen atoms in total. The van der Waals surface area contributed by atoms with E-state index >= 15 is 0 Å². The number of ether oxygens (including phenoxy) is 1. The van der Waals surface area contributed by atoms with Crippen molar-refractivity contribution in [3.63, 3.8) is 0 Å². The monoisotopic (exact) mass is 346 g/mol. The molecule has 2 aliphatic rings. The van der Waals surface area contributed by atoms with Crippen LogP contribution in [-0.4, -0.2) is 23.8 Å². The SMILES string of the molecule is CN1C(=O)Oc2ccc(Cl)cc2C1C1CCCC(CCC#N)C1=O. The van der Waals surface area contributed by atoms with Gasteiger partial charge in [0.1, 0.15) is 11.5 Å². The zero-order valence-electron chi connectivity index (χ0n) is 13.5. The minimum absolute atomic E-state index is 0.0996. The zero-order chi connectivity index (χ0) is 17.3. The lowest BCUT2D eigenvalue weighted by Crippen LogP contribution is -2.45. The Bertz CT molecular complexity index is 713. The Morgan fingerprint density at radius 2 is 2.17 bits per heavy atom. The number of amides is 1. The van der Waals surface area contributed by atoms with E-state index in [4.69, 9.17) is 21.6 Å². The van der Waals surface area contributed by atoms with Gasteiger partial charge in [-0.3, -0.25) is 4.79 Å². The predicted molar refractivity (Wildman–Crippen MR) is 88.7 cm³/mol. The Kier molecular flexibility index (Phi) is 4.77. The molecule has 126 valence electrons. The number of benzene rings is 1. The number of carbonyl (C=O) groups is 2. The first-order chi connectivity index (χ1) is 11.5. The van der Waals surface area contributed by atoms with Gasteiger partial charge in [-0.1, -0.05) is 18.0 Å². The van der Waals surface area contributed by atoms with Crippen LogP contribution in [0.2, 0.25) is 5.02 Å². The minimum Gasteiger partial charge on any atom is -0.410 e. The molecule has 1 aliphatic heterocycles. The van der Waals surface area contributed by atoms with Crippen molar-refractivity contribution in [2.45, 2.75) is 38.1 Å². The molecule has 24 heavy (non-hydrogen) atoms. The third kappa shape index (κ3) is 2.99. The van der Waals surface area contributed by atoms with Crippen molar-refractivity contribution in [1.82, 2.24) is 4.90 Å². The maximum atomic E-state index is 13.0. The summed E-state index contributed by atoms with van der Waals surface area (Å²) in [5, 5.41) is 9.34. The molecule has 1 aliphatic carbocycles. The van der Waals surface area contributed by atoms with E-state index in [-0.39, 0.29) is 23.7 Å². The number of nitrogens with zero attached hydrogens (tertiary/aromatic N) is 2. The van der Waals surface area contributed by atoms with E-state index in [1.807, 2.05) is 0 Å². The molecule has 1 saturated carbocycles. The molecule has 0 aromatic heterocycles. The summed E-state index contributed by atoms with van der Waals surface area (Å²) < 4.78 is 5.32. The second kappa shape index (κ2) is 6.82. The van der Waals surface area contributed by atoms with E-state index in [9.17, 15) is 9.59 Å². The molecule has 3 rings (SSSR count).